The fourth-order valence-corrected chi connectivity index (χ4v) is 3.78. The molecule has 21 heavy (non-hydrogen) atoms. The van der Waals surface area contributed by atoms with Crippen molar-refractivity contribution in [2.45, 2.75) is 44.6 Å². The topological polar surface area (TPSA) is 46.3 Å². The van der Waals surface area contributed by atoms with Crippen LogP contribution in [0.4, 0.5) is 0 Å². The number of piperidine rings is 1. The molecule has 116 valence electrons. The molecule has 1 aliphatic heterocycles. The van der Waals surface area contributed by atoms with E-state index in [4.69, 9.17) is 5.73 Å². The molecular formula is C17H25ClN2O. The predicted molar refractivity (Wildman–Crippen MR) is 87.7 cm³/mol. The number of nitrogens with two attached hydrogens (primary N) is 1. The molecule has 1 fully saturated rings. The van der Waals surface area contributed by atoms with Gasteiger partial charge in [0.25, 0.3) is 0 Å². The largest absolute Gasteiger partial charge is 0.338 e. The summed E-state index contributed by atoms with van der Waals surface area (Å²) in [5.41, 5.74) is 8.48. The fraction of sp³-hybridized carbons (Fsp3) is 0.588. The van der Waals surface area contributed by atoms with Crippen molar-refractivity contribution in [1.82, 2.24) is 4.90 Å². The van der Waals surface area contributed by atoms with Crippen molar-refractivity contribution in [3.05, 3.63) is 35.4 Å². The first-order valence-electron chi connectivity index (χ1n) is 7.79. The molecule has 3 rings (SSSR count). The van der Waals surface area contributed by atoms with Crippen LogP contribution in [0.5, 0.6) is 0 Å². The lowest BCUT2D eigenvalue weighted by molar-refractivity contribution is -0.136. The van der Waals surface area contributed by atoms with Crippen LogP contribution in [0.25, 0.3) is 0 Å². The van der Waals surface area contributed by atoms with Gasteiger partial charge in [-0.1, -0.05) is 31.2 Å². The summed E-state index contributed by atoms with van der Waals surface area (Å²) in [5.74, 6) is 1.05. The summed E-state index contributed by atoms with van der Waals surface area (Å²) in [7, 11) is 0. The Balaban J connectivity index is 0.00000161. The zero-order valence-corrected chi connectivity index (χ0v) is 13.4. The minimum absolute atomic E-state index is 0. The lowest BCUT2D eigenvalue weighted by Gasteiger charge is -2.39. The van der Waals surface area contributed by atoms with Crippen LogP contribution in [0.1, 0.15) is 43.2 Å². The smallest absolute Gasteiger partial charge is 0.230 e. The zero-order chi connectivity index (χ0) is 14.1. The van der Waals surface area contributed by atoms with Crippen molar-refractivity contribution in [3.63, 3.8) is 0 Å². The van der Waals surface area contributed by atoms with E-state index >= 15 is 0 Å². The van der Waals surface area contributed by atoms with E-state index in [1.807, 2.05) is 6.07 Å². The highest BCUT2D eigenvalue weighted by atomic mass is 35.5. The molecule has 0 aromatic heterocycles. The maximum Gasteiger partial charge on any atom is 0.230 e. The van der Waals surface area contributed by atoms with Gasteiger partial charge in [0.2, 0.25) is 5.91 Å². The Kier molecular flexibility index (Phi) is 5.28. The fourth-order valence-electron chi connectivity index (χ4n) is 3.78. The number of likely N-dealkylation sites (tertiary alicyclic amines) is 1. The van der Waals surface area contributed by atoms with Crippen molar-refractivity contribution in [2.75, 3.05) is 13.1 Å². The Hall–Kier alpha value is -1.06. The quantitative estimate of drug-likeness (QED) is 0.913. The van der Waals surface area contributed by atoms with Gasteiger partial charge in [-0.15, -0.1) is 12.4 Å². The minimum atomic E-state index is 0. The number of carbonyl (C=O) groups excluding carboxylic acids is 1. The number of rotatable bonds is 2. The Morgan fingerprint density at radius 2 is 2.10 bits per heavy atom. The summed E-state index contributed by atoms with van der Waals surface area (Å²) in [4.78, 5) is 15.0. The zero-order valence-electron chi connectivity index (χ0n) is 12.6. The van der Waals surface area contributed by atoms with E-state index in [-0.39, 0.29) is 24.4 Å². The molecule has 0 saturated carbocycles. The van der Waals surface area contributed by atoms with Crippen LogP contribution in [0.3, 0.4) is 0 Å². The lowest BCUT2D eigenvalue weighted by Crippen LogP contribution is -2.50. The third-order valence-electron chi connectivity index (χ3n) is 4.96. The Morgan fingerprint density at radius 3 is 2.86 bits per heavy atom. The van der Waals surface area contributed by atoms with Crippen molar-refractivity contribution in [2.24, 2.45) is 11.7 Å². The van der Waals surface area contributed by atoms with E-state index in [9.17, 15) is 4.79 Å². The first kappa shape index (κ1) is 16.3. The summed E-state index contributed by atoms with van der Waals surface area (Å²) in [5, 5.41) is 0. The van der Waals surface area contributed by atoms with Gasteiger partial charge < -0.3 is 10.6 Å². The third-order valence-corrected chi connectivity index (χ3v) is 4.96. The maximum absolute atomic E-state index is 12.9. The van der Waals surface area contributed by atoms with E-state index < -0.39 is 0 Å². The molecule has 3 nitrogen and oxygen atoms in total. The summed E-state index contributed by atoms with van der Waals surface area (Å²) in [6.45, 7) is 3.72. The van der Waals surface area contributed by atoms with E-state index in [0.717, 1.165) is 32.2 Å². The molecule has 1 saturated heterocycles. The third kappa shape index (κ3) is 3.09. The van der Waals surface area contributed by atoms with Crippen molar-refractivity contribution in [3.8, 4) is 0 Å². The maximum atomic E-state index is 12.9. The van der Waals surface area contributed by atoms with E-state index in [1.165, 1.54) is 11.1 Å². The van der Waals surface area contributed by atoms with Gasteiger partial charge in [0.1, 0.15) is 0 Å². The highest BCUT2D eigenvalue weighted by Gasteiger charge is 2.36. The minimum Gasteiger partial charge on any atom is -0.338 e. The van der Waals surface area contributed by atoms with Gasteiger partial charge in [-0.05, 0) is 42.7 Å². The van der Waals surface area contributed by atoms with E-state index in [2.05, 4.69) is 30.0 Å². The van der Waals surface area contributed by atoms with Gasteiger partial charge in [-0.3, -0.25) is 4.79 Å². The number of hydrogen-bond donors (Lipinski definition) is 1. The van der Waals surface area contributed by atoms with Crippen LogP contribution in [-0.4, -0.2) is 29.9 Å². The molecule has 3 unspecified atom stereocenters. The molecule has 2 N–H and O–H groups in total. The number of nitrogens with zero attached hydrogens (tertiary/aromatic N) is 1. The summed E-state index contributed by atoms with van der Waals surface area (Å²) in [6.07, 6.45) is 4.15. The van der Waals surface area contributed by atoms with Gasteiger partial charge in [0.05, 0.1) is 5.92 Å². The molecule has 1 aliphatic carbocycles. The van der Waals surface area contributed by atoms with Crippen LogP contribution >= 0.6 is 12.4 Å². The molecule has 4 heteroatoms. The van der Waals surface area contributed by atoms with Gasteiger partial charge in [0, 0.05) is 19.1 Å². The van der Waals surface area contributed by atoms with Crippen molar-refractivity contribution < 1.29 is 4.79 Å². The second-order valence-electron chi connectivity index (χ2n) is 6.34. The first-order chi connectivity index (χ1) is 9.70. The number of aryl methyl sites for hydroxylation is 1. The molecule has 1 aromatic carbocycles. The molecular weight excluding hydrogens is 284 g/mol. The van der Waals surface area contributed by atoms with Crippen LogP contribution in [-0.2, 0) is 11.2 Å². The summed E-state index contributed by atoms with van der Waals surface area (Å²) >= 11 is 0. The average Bonchev–Trinajstić information content (AvgIpc) is 2.90. The molecule has 1 amide bonds. The van der Waals surface area contributed by atoms with Crippen molar-refractivity contribution >= 4 is 18.3 Å². The standard InChI is InChI=1S/C17H24N2O.ClH/c1-12-8-9-19(14(10-12)11-18)17(20)16-7-6-13-4-2-3-5-15(13)16;/h2-5,12,14,16H,6-11,18H2,1H3;1H. The summed E-state index contributed by atoms with van der Waals surface area (Å²) in [6, 6.07) is 8.62. The van der Waals surface area contributed by atoms with Crippen LogP contribution in [0.2, 0.25) is 0 Å². The molecule has 1 heterocycles. The normalized spacial score (nSPS) is 27.9. The van der Waals surface area contributed by atoms with Crippen molar-refractivity contribution in [1.29, 1.82) is 0 Å². The van der Waals surface area contributed by atoms with Gasteiger partial charge >= 0.3 is 0 Å². The Morgan fingerprint density at radius 1 is 1.33 bits per heavy atom. The highest BCUT2D eigenvalue weighted by Crippen LogP contribution is 2.36. The molecule has 0 spiro atoms. The molecule has 0 bridgehead atoms. The number of amides is 1. The van der Waals surface area contributed by atoms with Crippen LogP contribution in [0, 0.1) is 5.92 Å². The average molecular weight is 309 g/mol. The molecule has 0 radical (unpaired) electrons. The van der Waals surface area contributed by atoms with Gasteiger partial charge in [-0.25, -0.2) is 0 Å². The molecule has 1 aromatic rings. The summed E-state index contributed by atoms with van der Waals surface area (Å²) < 4.78 is 0. The van der Waals surface area contributed by atoms with Crippen LogP contribution in [0.15, 0.2) is 24.3 Å². The Labute approximate surface area is 133 Å². The highest BCUT2D eigenvalue weighted by molar-refractivity contribution is 5.85. The molecule has 2 aliphatic rings. The number of hydrogen-bond acceptors (Lipinski definition) is 2. The lowest BCUT2D eigenvalue weighted by atomic mass is 9.90. The number of carbonyl (C=O) groups is 1. The molecule has 3 atom stereocenters. The number of benzene rings is 1. The Bertz CT molecular complexity index is 505. The van der Waals surface area contributed by atoms with Crippen LogP contribution < -0.4 is 5.73 Å². The monoisotopic (exact) mass is 308 g/mol. The predicted octanol–water partition coefficient (Wildman–Crippen LogP) is 2.72. The van der Waals surface area contributed by atoms with Gasteiger partial charge in [-0.2, -0.15) is 0 Å². The second kappa shape index (κ2) is 6.80. The van der Waals surface area contributed by atoms with E-state index in [0.29, 0.717) is 18.4 Å². The number of halogens is 1. The van der Waals surface area contributed by atoms with E-state index in [1.54, 1.807) is 0 Å². The second-order valence-corrected chi connectivity index (χ2v) is 6.34. The number of fused-ring (bicyclic) bond motifs is 1. The first-order valence-corrected chi connectivity index (χ1v) is 7.79. The SMILES string of the molecule is CC1CCN(C(=O)C2CCc3ccccc32)C(CN)C1.Cl. The van der Waals surface area contributed by atoms with Gasteiger partial charge in [0.15, 0.2) is 0 Å².